The van der Waals surface area contributed by atoms with E-state index in [9.17, 15) is 19.1 Å². The van der Waals surface area contributed by atoms with Gasteiger partial charge in [0.25, 0.3) is 0 Å². The molecule has 0 bridgehead atoms. The van der Waals surface area contributed by atoms with E-state index >= 15 is 0 Å². The minimum atomic E-state index is -1.11. The van der Waals surface area contributed by atoms with Crippen LogP contribution in [0.15, 0.2) is 35.4 Å². The lowest BCUT2D eigenvalue weighted by atomic mass is 9.95. The third-order valence-electron chi connectivity index (χ3n) is 7.55. The van der Waals surface area contributed by atoms with Crippen LogP contribution in [0.25, 0.3) is 10.4 Å². The first kappa shape index (κ1) is 35.7. The number of fused-ring (bicyclic) bond motifs is 1. The lowest BCUT2D eigenvalue weighted by Gasteiger charge is -2.32. The Balaban J connectivity index is 1.56. The molecule has 45 heavy (non-hydrogen) atoms. The van der Waals surface area contributed by atoms with Gasteiger partial charge in [-0.2, -0.15) is 0 Å². The summed E-state index contributed by atoms with van der Waals surface area (Å²) in [4.78, 5) is 34.4. The van der Waals surface area contributed by atoms with Gasteiger partial charge in [0.05, 0.1) is 59.2 Å². The molecule has 0 saturated carbocycles. The number of ether oxygens (including phenoxy) is 4. The molecule has 0 aliphatic heterocycles. The maximum absolute atomic E-state index is 14.6. The molecule has 13 heteroatoms. The van der Waals surface area contributed by atoms with E-state index in [2.05, 4.69) is 22.2 Å². The highest BCUT2D eigenvalue weighted by atomic mass is 19.1. The fourth-order valence-corrected chi connectivity index (χ4v) is 5.27. The van der Waals surface area contributed by atoms with Gasteiger partial charge >= 0.3 is 5.97 Å². The van der Waals surface area contributed by atoms with Crippen LogP contribution >= 0.6 is 0 Å². The molecular formula is C32H44FN5O7. The minimum absolute atomic E-state index is 0.0332. The average Bonchev–Trinajstić information content (AvgIpc) is 3.04. The summed E-state index contributed by atoms with van der Waals surface area (Å²) >= 11 is 0. The maximum Gasteiger partial charge on any atom is 0.305 e. The fourth-order valence-electron chi connectivity index (χ4n) is 5.27. The Kier molecular flexibility index (Phi) is 16.1. The van der Waals surface area contributed by atoms with Crippen molar-refractivity contribution in [2.45, 2.75) is 63.8 Å². The van der Waals surface area contributed by atoms with E-state index in [0.717, 1.165) is 37.8 Å². The third-order valence-corrected chi connectivity index (χ3v) is 7.55. The summed E-state index contributed by atoms with van der Waals surface area (Å²) in [7, 11) is 1.35. The molecule has 1 atom stereocenters. The normalized spacial score (nSPS) is 13.0. The predicted molar refractivity (Wildman–Crippen MR) is 165 cm³/mol. The first-order valence-corrected chi connectivity index (χ1v) is 15.5. The molecule has 246 valence electrons. The number of aliphatic carboxylic acids is 1. The number of carbonyl (C=O) groups is 2. The molecule has 1 aromatic carbocycles. The molecular weight excluding hydrogens is 585 g/mol. The zero-order chi connectivity index (χ0) is 32.3. The summed E-state index contributed by atoms with van der Waals surface area (Å²) in [6.45, 7) is 2.09. The Labute approximate surface area is 263 Å². The number of aryl methyl sites for hydroxylation is 3. The van der Waals surface area contributed by atoms with Crippen LogP contribution in [0.3, 0.4) is 0 Å². The highest BCUT2D eigenvalue weighted by Crippen LogP contribution is 2.29. The molecule has 2 aromatic rings. The molecule has 1 aliphatic rings. The van der Waals surface area contributed by atoms with Crippen molar-refractivity contribution in [1.82, 2.24) is 9.88 Å². The van der Waals surface area contributed by atoms with Crippen molar-refractivity contribution in [3.8, 4) is 5.75 Å². The summed E-state index contributed by atoms with van der Waals surface area (Å²) in [6.07, 6.45) is 6.39. The first-order valence-electron chi connectivity index (χ1n) is 15.5. The van der Waals surface area contributed by atoms with Crippen LogP contribution in [0.2, 0.25) is 0 Å². The van der Waals surface area contributed by atoms with Crippen LogP contribution in [-0.2, 0) is 43.1 Å². The van der Waals surface area contributed by atoms with Gasteiger partial charge in [0.1, 0.15) is 0 Å². The van der Waals surface area contributed by atoms with Gasteiger partial charge in [0.2, 0.25) is 5.91 Å². The second-order valence-electron chi connectivity index (χ2n) is 10.7. The lowest BCUT2D eigenvalue weighted by molar-refractivity contribution is -0.141. The summed E-state index contributed by atoms with van der Waals surface area (Å²) < 4.78 is 36.1. The van der Waals surface area contributed by atoms with Gasteiger partial charge in [0, 0.05) is 35.8 Å². The zero-order valence-corrected chi connectivity index (χ0v) is 26.0. The molecule has 0 spiro atoms. The van der Waals surface area contributed by atoms with Crippen molar-refractivity contribution in [2.75, 3.05) is 59.8 Å². The van der Waals surface area contributed by atoms with Gasteiger partial charge in [-0.1, -0.05) is 17.2 Å². The lowest BCUT2D eigenvalue weighted by Crippen LogP contribution is -2.38. The van der Waals surface area contributed by atoms with Crippen LogP contribution in [-0.4, -0.2) is 86.7 Å². The molecule has 12 nitrogen and oxygen atoms in total. The summed E-state index contributed by atoms with van der Waals surface area (Å²) in [5.41, 5.74) is 12.1. The number of pyridine rings is 1. The summed E-state index contributed by atoms with van der Waals surface area (Å²) in [6, 6.07) is 7.59. The maximum atomic E-state index is 14.6. The molecule has 1 aromatic heterocycles. The molecule has 0 radical (unpaired) electrons. The molecule has 1 N–H and O–H groups in total. The van der Waals surface area contributed by atoms with Gasteiger partial charge in [-0.3, -0.25) is 14.6 Å². The molecule has 1 heterocycles. The minimum Gasteiger partial charge on any atom is -0.494 e. The SMILES string of the molecule is COc1ccc([C@H](CC(=O)O)N(CCOCCOCCOCCN=[N+]=[N-])C(=O)CCCCc2ccc3c(n2)CCCC3)cc1F. The predicted octanol–water partition coefficient (Wildman–Crippen LogP) is 5.23. The second kappa shape index (κ2) is 20.3. The van der Waals surface area contributed by atoms with E-state index in [1.807, 2.05) is 0 Å². The van der Waals surface area contributed by atoms with Gasteiger partial charge < -0.3 is 29.0 Å². The van der Waals surface area contributed by atoms with Crippen molar-refractivity contribution in [2.24, 2.45) is 5.11 Å². The number of carboxylic acids is 1. The molecule has 3 rings (SSSR count). The number of hydrogen-bond acceptors (Lipinski definition) is 8. The number of hydrogen-bond donors (Lipinski definition) is 1. The number of aromatic nitrogens is 1. The van der Waals surface area contributed by atoms with Crippen LogP contribution in [0.5, 0.6) is 5.75 Å². The number of amides is 1. The van der Waals surface area contributed by atoms with Crippen LogP contribution in [0.4, 0.5) is 4.39 Å². The number of carbonyl (C=O) groups excluding carboxylic acids is 1. The smallest absolute Gasteiger partial charge is 0.305 e. The Hall–Kier alpha value is -3.77. The van der Waals surface area contributed by atoms with Gasteiger partial charge in [-0.25, -0.2) is 4.39 Å². The van der Waals surface area contributed by atoms with Crippen molar-refractivity contribution in [1.29, 1.82) is 0 Å². The van der Waals surface area contributed by atoms with Gasteiger partial charge in [-0.15, -0.1) is 0 Å². The van der Waals surface area contributed by atoms with Crippen molar-refractivity contribution in [3.63, 3.8) is 0 Å². The topological polar surface area (TPSA) is 156 Å². The quantitative estimate of drug-likeness (QED) is 0.0804. The Morgan fingerprint density at radius 3 is 2.49 bits per heavy atom. The van der Waals surface area contributed by atoms with Crippen LogP contribution in [0, 0.1) is 5.82 Å². The number of methoxy groups -OCH3 is 1. The van der Waals surface area contributed by atoms with E-state index in [1.165, 1.54) is 41.8 Å². The van der Waals surface area contributed by atoms with E-state index < -0.39 is 17.8 Å². The summed E-state index contributed by atoms with van der Waals surface area (Å²) in [5, 5.41) is 13.1. The van der Waals surface area contributed by atoms with E-state index in [1.54, 1.807) is 6.07 Å². The van der Waals surface area contributed by atoms with Crippen molar-refractivity contribution < 1.29 is 38.0 Å². The number of nitrogens with zero attached hydrogens (tertiary/aromatic N) is 5. The van der Waals surface area contributed by atoms with Crippen LogP contribution < -0.4 is 4.74 Å². The Bertz CT molecular complexity index is 1270. The van der Waals surface area contributed by atoms with E-state index in [-0.39, 0.29) is 50.8 Å². The summed E-state index contributed by atoms with van der Waals surface area (Å²) in [5.74, 6) is -1.94. The highest BCUT2D eigenvalue weighted by Gasteiger charge is 2.28. The van der Waals surface area contributed by atoms with E-state index in [4.69, 9.17) is 29.5 Å². The van der Waals surface area contributed by atoms with Crippen LogP contribution in [0.1, 0.15) is 67.1 Å². The van der Waals surface area contributed by atoms with E-state index in [0.29, 0.717) is 38.4 Å². The molecule has 0 unspecified atom stereocenters. The number of halogens is 1. The standard InChI is InChI=1S/C32H44FN5O7/c1-42-30-13-11-25(22-27(30)33)29(23-32(40)41)38(15-17-44-19-21-45-20-18-43-16-14-35-37-34)31(39)9-5-3-7-26-12-10-24-6-2-4-8-28(24)36-26/h10-13,22,29H,2-9,14-21,23H2,1H3,(H,40,41)/t29-/m0/s1. The van der Waals surface area contributed by atoms with Gasteiger partial charge in [0.15, 0.2) is 11.6 Å². The monoisotopic (exact) mass is 629 g/mol. The average molecular weight is 630 g/mol. The zero-order valence-electron chi connectivity index (χ0n) is 26.0. The number of carboxylic acid groups (broad SMARTS) is 1. The molecule has 1 amide bonds. The Morgan fingerprint density at radius 2 is 1.78 bits per heavy atom. The first-order chi connectivity index (χ1) is 21.9. The number of unbranched alkanes of at least 4 members (excludes halogenated alkanes) is 1. The molecule has 1 aliphatic carbocycles. The third kappa shape index (κ3) is 12.6. The van der Waals surface area contributed by atoms with Crippen molar-refractivity contribution in [3.05, 3.63) is 69.1 Å². The molecule has 0 fully saturated rings. The number of azide groups is 1. The number of benzene rings is 1. The second-order valence-corrected chi connectivity index (χ2v) is 10.7. The molecule has 0 saturated heterocycles. The van der Waals surface area contributed by atoms with Crippen molar-refractivity contribution >= 4 is 11.9 Å². The van der Waals surface area contributed by atoms with Gasteiger partial charge in [-0.05, 0) is 79.8 Å². The highest BCUT2D eigenvalue weighted by molar-refractivity contribution is 5.78. The largest absolute Gasteiger partial charge is 0.494 e. The Morgan fingerprint density at radius 1 is 1.04 bits per heavy atom. The fraction of sp³-hybridized carbons (Fsp3) is 0.594. The number of rotatable bonds is 22.